The third kappa shape index (κ3) is 2.18. The first-order chi connectivity index (χ1) is 12.4. The summed E-state index contributed by atoms with van der Waals surface area (Å²) in [4.78, 5) is 26.1. The molecule has 4 unspecified atom stereocenters. The molecule has 1 spiro atoms. The van der Waals surface area contributed by atoms with Crippen LogP contribution in [0.5, 0.6) is 17.2 Å². The van der Waals surface area contributed by atoms with Gasteiger partial charge in [0.15, 0.2) is 11.5 Å². The third-order valence-electron chi connectivity index (χ3n) is 5.38. The second-order valence-electron chi connectivity index (χ2n) is 6.78. The van der Waals surface area contributed by atoms with Crippen molar-refractivity contribution in [3.8, 4) is 17.2 Å². The number of aromatic hydroxyl groups is 1. The summed E-state index contributed by atoms with van der Waals surface area (Å²) in [6.07, 6.45) is 3.01. The molecule has 26 heavy (non-hydrogen) atoms. The molecule has 2 saturated heterocycles. The molecule has 3 heterocycles. The van der Waals surface area contributed by atoms with Gasteiger partial charge in [-0.25, -0.2) is 0 Å². The van der Waals surface area contributed by atoms with E-state index in [-0.39, 0.29) is 29.7 Å². The SMILES string of the molecule is COc1cc(CN2CC34C=CC(O3)C(C(=O)O)C4C2=O)cc(OC)c1O. The van der Waals surface area contributed by atoms with Crippen LogP contribution in [0.25, 0.3) is 0 Å². The number of carboxylic acids is 1. The molecule has 0 aliphatic carbocycles. The van der Waals surface area contributed by atoms with Crippen molar-refractivity contribution in [1.82, 2.24) is 4.90 Å². The zero-order valence-electron chi connectivity index (χ0n) is 14.3. The van der Waals surface area contributed by atoms with Crippen LogP contribution in [0, 0.1) is 11.8 Å². The number of carbonyl (C=O) groups is 2. The van der Waals surface area contributed by atoms with Gasteiger partial charge in [-0.15, -0.1) is 0 Å². The van der Waals surface area contributed by atoms with Crippen LogP contribution in [0.15, 0.2) is 24.3 Å². The first-order valence-electron chi connectivity index (χ1n) is 8.23. The van der Waals surface area contributed by atoms with Crippen LogP contribution in [0.1, 0.15) is 5.56 Å². The minimum absolute atomic E-state index is 0.113. The van der Waals surface area contributed by atoms with E-state index in [1.807, 2.05) is 6.08 Å². The maximum atomic E-state index is 12.9. The fraction of sp³-hybridized carbons (Fsp3) is 0.444. The molecule has 3 aliphatic heterocycles. The van der Waals surface area contributed by atoms with E-state index in [2.05, 4.69) is 0 Å². The van der Waals surface area contributed by atoms with Gasteiger partial charge < -0.3 is 29.3 Å². The molecule has 8 heteroatoms. The van der Waals surface area contributed by atoms with Crippen molar-refractivity contribution in [2.24, 2.45) is 11.8 Å². The van der Waals surface area contributed by atoms with E-state index < -0.39 is 29.5 Å². The van der Waals surface area contributed by atoms with E-state index in [0.29, 0.717) is 12.1 Å². The van der Waals surface area contributed by atoms with Gasteiger partial charge in [-0.1, -0.05) is 12.2 Å². The summed E-state index contributed by atoms with van der Waals surface area (Å²) in [5.74, 6) is -2.46. The molecule has 2 fully saturated rings. The molecule has 2 N–H and O–H groups in total. The highest BCUT2D eigenvalue weighted by atomic mass is 16.5. The van der Waals surface area contributed by atoms with E-state index in [9.17, 15) is 19.8 Å². The normalized spacial score (nSPS) is 31.4. The van der Waals surface area contributed by atoms with Gasteiger partial charge in [0.2, 0.25) is 11.7 Å². The van der Waals surface area contributed by atoms with Gasteiger partial charge in [-0.2, -0.15) is 0 Å². The van der Waals surface area contributed by atoms with Crippen molar-refractivity contribution in [1.29, 1.82) is 0 Å². The number of likely N-dealkylation sites (tertiary alicyclic amines) is 1. The van der Waals surface area contributed by atoms with Crippen LogP contribution in [-0.4, -0.2) is 59.5 Å². The Bertz CT molecular complexity index is 795. The van der Waals surface area contributed by atoms with Crippen molar-refractivity contribution in [3.63, 3.8) is 0 Å². The lowest BCUT2D eigenvalue weighted by molar-refractivity contribution is -0.148. The van der Waals surface area contributed by atoms with Gasteiger partial charge in [0.05, 0.1) is 32.8 Å². The van der Waals surface area contributed by atoms with Crippen LogP contribution >= 0.6 is 0 Å². The Morgan fingerprint density at radius 2 is 2.00 bits per heavy atom. The highest BCUT2D eigenvalue weighted by Crippen LogP contribution is 2.52. The van der Waals surface area contributed by atoms with E-state index in [0.717, 1.165) is 0 Å². The van der Waals surface area contributed by atoms with Crippen LogP contribution in [-0.2, 0) is 20.9 Å². The van der Waals surface area contributed by atoms with Crippen molar-refractivity contribution in [2.75, 3.05) is 20.8 Å². The van der Waals surface area contributed by atoms with Crippen molar-refractivity contribution in [2.45, 2.75) is 18.2 Å². The molecule has 138 valence electrons. The van der Waals surface area contributed by atoms with Crippen LogP contribution in [0.3, 0.4) is 0 Å². The zero-order chi connectivity index (χ0) is 18.6. The van der Waals surface area contributed by atoms with Gasteiger partial charge >= 0.3 is 5.97 Å². The number of phenols is 1. The molecule has 1 amide bonds. The minimum atomic E-state index is -1.02. The van der Waals surface area contributed by atoms with Crippen LogP contribution < -0.4 is 9.47 Å². The van der Waals surface area contributed by atoms with E-state index in [1.165, 1.54) is 14.2 Å². The number of amides is 1. The number of methoxy groups -OCH3 is 2. The Balaban J connectivity index is 1.63. The summed E-state index contributed by atoms with van der Waals surface area (Å²) in [6.45, 7) is 0.525. The first-order valence-corrected chi connectivity index (χ1v) is 8.23. The fourth-order valence-electron chi connectivity index (χ4n) is 4.25. The number of phenolic OH excluding ortho intramolecular Hbond substituents is 1. The summed E-state index contributed by atoms with van der Waals surface area (Å²) in [5, 5.41) is 19.5. The third-order valence-corrected chi connectivity index (χ3v) is 5.38. The predicted octanol–water partition coefficient (Wildman–Crippen LogP) is 0.776. The summed E-state index contributed by atoms with van der Waals surface area (Å²) in [7, 11) is 2.86. The molecule has 4 atom stereocenters. The second-order valence-corrected chi connectivity index (χ2v) is 6.78. The quantitative estimate of drug-likeness (QED) is 0.747. The molecule has 3 aliphatic rings. The number of rotatable bonds is 5. The lowest BCUT2D eigenvalue weighted by atomic mass is 9.77. The van der Waals surface area contributed by atoms with Crippen molar-refractivity contribution in [3.05, 3.63) is 29.8 Å². The summed E-state index contributed by atoms with van der Waals surface area (Å²) in [5.41, 5.74) is -0.165. The molecule has 0 aromatic heterocycles. The Hall–Kier alpha value is -2.74. The molecule has 0 saturated carbocycles. The molecular weight excluding hydrogens is 342 g/mol. The average Bonchev–Trinajstić information content (AvgIpc) is 3.24. The summed E-state index contributed by atoms with van der Waals surface area (Å²) in [6, 6.07) is 3.25. The Labute approximate surface area is 149 Å². The highest BCUT2D eigenvalue weighted by Gasteiger charge is 2.66. The second kappa shape index (κ2) is 5.63. The number of ether oxygens (including phenoxy) is 3. The Morgan fingerprint density at radius 3 is 2.58 bits per heavy atom. The van der Waals surface area contributed by atoms with E-state index in [1.54, 1.807) is 23.1 Å². The lowest BCUT2D eigenvalue weighted by Gasteiger charge is -2.22. The number of carboxylic acid groups (broad SMARTS) is 1. The van der Waals surface area contributed by atoms with Gasteiger partial charge in [-0.05, 0) is 17.7 Å². The number of benzene rings is 1. The van der Waals surface area contributed by atoms with Crippen LogP contribution in [0.2, 0.25) is 0 Å². The van der Waals surface area contributed by atoms with Gasteiger partial charge in [-0.3, -0.25) is 9.59 Å². The van der Waals surface area contributed by atoms with Crippen molar-refractivity contribution >= 4 is 11.9 Å². The number of hydrogen-bond acceptors (Lipinski definition) is 6. The van der Waals surface area contributed by atoms with Crippen molar-refractivity contribution < 1.29 is 34.0 Å². The number of fused-ring (bicyclic) bond motifs is 1. The maximum Gasteiger partial charge on any atom is 0.310 e. The zero-order valence-corrected chi connectivity index (χ0v) is 14.3. The Morgan fingerprint density at radius 1 is 1.35 bits per heavy atom. The van der Waals surface area contributed by atoms with Gasteiger partial charge in [0.1, 0.15) is 11.5 Å². The summed E-state index contributed by atoms with van der Waals surface area (Å²) < 4.78 is 16.1. The molecule has 2 bridgehead atoms. The molecule has 8 nitrogen and oxygen atoms in total. The van der Waals surface area contributed by atoms with Gasteiger partial charge in [0, 0.05) is 6.54 Å². The number of nitrogens with zero attached hydrogens (tertiary/aromatic N) is 1. The Kier molecular flexibility index (Phi) is 3.62. The molecule has 4 rings (SSSR count). The topological polar surface area (TPSA) is 106 Å². The van der Waals surface area contributed by atoms with E-state index >= 15 is 0 Å². The molecule has 1 aromatic carbocycles. The highest BCUT2D eigenvalue weighted by molar-refractivity contribution is 5.90. The number of carbonyl (C=O) groups excluding carboxylic acids is 1. The summed E-state index contributed by atoms with van der Waals surface area (Å²) >= 11 is 0. The monoisotopic (exact) mass is 361 g/mol. The first kappa shape index (κ1) is 16.7. The predicted molar refractivity (Wildman–Crippen MR) is 88.0 cm³/mol. The number of aliphatic carboxylic acids is 1. The van der Waals surface area contributed by atoms with E-state index in [4.69, 9.17) is 14.2 Å². The number of hydrogen-bond donors (Lipinski definition) is 2. The fourth-order valence-corrected chi connectivity index (χ4v) is 4.25. The molecular formula is C18H19NO7. The maximum absolute atomic E-state index is 12.9. The average molecular weight is 361 g/mol. The standard InChI is InChI=1S/C18H19NO7/c1-24-11-5-9(6-12(25-2)15(11)20)7-19-8-18-4-3-10(26-18)13(17(22)23)14(18)16(19)21/h3-6,10,13-14,20H,7-8H2,1-2H3,(H,22,23). The van der Waals surface area contributed by atoms with Crippen LogP contribution in [0.4, 0.5) is 0 Å². The molecule has 0 radical (unpaired) electrons. The lowest BCUT2D eigenvalue weighted by Crippen LogP contribution is -2.39. The largest absolute Gasteiger partial charge is 0.502 e. The minimum Gasteiger partial charge on any atom is -0.502 e. The van der Waals surface area contributed by atoms with Gasteiger partial charge in [0.25, 0.3) is 0 Å². The smallest absolute Gasteiger partial charge is 0.310 e. The molecule has 1 aromatic rings.